The van der Waals surface area contributed by atoms with E-state index >= 15 is 0 Å². The smallest absolute Gasteiger partial charge is 0.335 e. The first-order chi connectivity index (χ1) is 15.6. The van der Waals surface area contributed by atoms with E-state index in [1.54, 1.807) is 12.1 Å². The predicted molar refractivity (Wildman–Crippen MR) is 125 cm³/mol. The van der Waals surface area contributed by atoms with Crippen LogP contribution in [0.2, 0.25) is 0 Å². The van der Waals surface area contributed by atoms with Crippen LogP contribution in [-0.4, -0.2) is 63.6 Å². The molecule has 1 atom stereocenters. The number of amides is 1. The Hall–Kier alpha value is -2.34. The summed E-state index contributed by atoms with van der Waals surface area (Å²) < 4.78 is 2.02. The first-order valence-corrected chi connectivity index (χ1v) is 12.5. The summed E-state index contributed by atoms with van der Waals surface area (Å²) in [5.74, 6) is -0.260. The highest BCUT2D eigenvalue weighted by atomic mass is 16.4. The quantitative estimate of drug-likeness (QED) is 0.749. The van der Waals surface area contributed by atoms with E-state index in [0.29, 0.717) is 18.5 Å². The Labute approximate surface area is 190 Å². The number of benzene rings is 1. The monoisotopic (exact) mass is 437 g/mol. The number of carboxylic acids is 1. The summed E-state index contributed by atoms with van der Waals surface area (Å²) in [6.45, 7) is 4.28. The van der Waals surface area contributed by atoms with Gasteiger partial charge < -0.3 is 14.6 Å². The topological polar surface area (TPSA) is 65.8 Å². The van der Waals surface area contributed by atoms with E-state index in [1.165, 1.54) is 56.9 Å². The third kappa shape index (κ3) is 4.29. The molecule has 1 saturated carbocycles. The molecule has 2 aliphatic heterocycles. The van der Waals surface area contributed by atoms with Gasteiger partial charge in [0.25, 0.3) is 0 Å². The van der Waals surface area contributed by atoms with E-state index in [0.717, 1.165) is 43.5 Å². The first-order valence-electron chi connectivity index (χ1n) is 12.5. The van der Waals surface area contributed by atoms with Crippen LogP contribution >= 0.6 is 0 Å². The summed E-state index contributed by atoms with van der Waals surface area (Å²) in [4.78, 5) is 29.6. The van der Waals surface area contributed by atoms with Crippen LogP contribution in [0.5, 0.6) is 0 Å². The van der Waals surface area contributed by atoms with Crippen LogP contribution in [0.25, 0.3) is 10.9 Å². The second kappa shape index (κ2) is 9.26. The Bertz CT molecular complexity index is 986. The molecule has 3 heterocycles. The van der Waals surface area contributed by atoms with Gasteiger partial charge in [0, 0.05) is 36.2 Å². The average molecular weight is 438 g/mol. The molecular weight excluding hydrogens is 402 g/mol. The third-order valence-electron chi connectivity index (χ3n) is 7.92. The molecule has 6 heteroatoms. The minimum absolute atomic E-state index is 0.154. The summed E-state index contributed by atoms with van der Waals surface area (Å²) in [6.07, 6.45) is 13.1. The van der Waals surface area contributed by atoms with Gasteiger partial charge in [-0.3, -0.25) is 9.69 Å². The van der Waals surface area contributed by atoms with Crippen LogP contribution in [0.1, 0.15) is 79.6 Å². The summed E-state index contributed by atoms with van der Waals surface area (Å²) in [5.41, 5.74) is 2.46. The van der Waals surface area contributed by atoms with Gasteiger partial charge in [-0.05, 0) is 75.2 Å². The van der Waals surface area contributed by atoms with Gasteiger partial charge in [0.15, 0.2) is 0 Å². The highest BCUT2D eigenvalue weighted by Crippen LogP contribution is 2.38. The second-order valence-corrected chi connectivity index (χ2v) is 9.96. The van der Waals surface area contributed by atoms with E-state index in [4.69, 9.17) is 0 Å². The summed E-state index contributed by atoms with van der Waals surface area (Å²) in [6, 6.07) is 5.90. The molecule has 0 bridgehead atoms. The number of piperidine rings is 1. The number of carbonyl (C=O) groups excluding carboxylic acids is 1. The number of carboxylic acid groups (broad SMARTS) is 1. The van der Waals surface area contributed by atoms with Crippen molar-refractivity contribution in [2.24, 2.45) is 0 Å². The molecular formula is C26H35N3O3. The molecule has 1 unspecified atom stereocenters. The largest absolute Gasteiger partial charge is 0.478 e. The highest BCUT2D eigenvalue weighted by Gasteiger charge is 2.30. The van der Waals surface area contributed by atoms with E-state index < -0.39 is 5.97 Å². The van der Waals surface area contributed by atoms with Crippen molar-refractivity contribution < 1.29 is 14.7 Å². The van der Waals surface area contributed by atoms with Gasteiger partial charge in [0.2, 0.25) is 5.91 Å². The minimum atomic E-state index is -0.922. The highest BCUT2D eigenvalue weighted by molar-refractivity contribution is 5.95. The normalized spacial score (nSPS) is 23.1. The maximum atomic E-state index is 13.3. The Morgan fingerprint density at radius 1 is 0.938 bits per heavy atom. The lowest BCUT2D eigenvalue weighted by molar-refractivity contribution is -0.133. The molecule has 1 amide bonds. The third-order valence-corrected chi connectivity index (χ3v) is 7.92. The minimum Gasteiger partial charge on any atom is -0.478 e. The number of hydrogen-bond acceptors (Lipinski definition) is 3. The maximum Gasteiger partial charge on any atom is 0.335 e. The van der Waals surface area contributed by atoms with Crippen molar-refractivity contribution >= 4 is 22.8 Å². The molecule has 2 saturated heterocycles. The zero-order valence-electron chi connectivity index (χ0n) is 19.0. The predicted octanol–water partition coefficient (Wildman–Crippen LogP) is 4.47. The average Bonchev–Trinajstić information content (AvgIpc) is 3.48. The molecule has 1 N–H and O–H groups in total. The Kier molecular flexibility index (Phi) is 6.22. The van der Waals surface area contributed by atoms with Gasteiger partial charge in [-0.25, -0.2) is 4.79 Å². The molecule has 0 radical (unpaired) electrons. The number of fused-ring (bicyclic) bond motifs is 1. The lowest BCUT2D eigenvalue weighted by atomic mass is 9.84. The first kappa shape index (κ1) is 21.5. The molecule has 0 spiro atoms. The second-order valence-electron chi connectivity index (χ2n) is 9.96. The van der Waals surface area contributed by atoms with Crippen molar-refractivity contribution in [2.45, 2.75) is 76.3 Å². The molecule has 172 valence electrons. The van der Waals surface area contributed by atoms with E-state index in [-0.39, 0.29) is 11.5 Å². The van der Waals surface area contributed by atoms with Crippen molar-refractivity contribution in [1.29, 1.82) is 0 Å². The van der Waals surface area contributed by atoms with Crippen LogP contribution in [0.15, 0.2) is 24.4 Å². The van der Waals surface area contributed by atoms with Gasteiger partial charge in [-0.15, -0.1) is 0 Å². The van der Waals surface area contributed by atoms with Crippen LogP contribution in [0, 0.1) is 0 Å². The molecule has 1 aromatic heterocycles. The van der Waals surface area contributed by atoms with Gasteiger partial charge in [0.05, 0.1) is 5.56 Å². The zero-order valence-corrected chi connectivity index (χ0v) is 19.0. The van der Waals surface area contributed by atoms with Crippen LogP contribution in [0.3, 0.4) is 0 Å². The Balaban J connectivity index is 1.40. The standard InChI is InChI=1S/C26H35N3O3/c30-25(28-14-6-9-21(16-28)27-12-4-5-13-27)18-29-17-23(19-7-2-1-3-8-19)22-11-10-20(26(31)32)15-24(22)29/h10-11,15,17,19,21H,1-9,12-14,16,18H2,(H,31,32). The number of carbonyl (C=O) groups is 2. The van der Waals surface area contributed by atoms with Crippen LogP contribution in [-0.2, 0) is 11.3 Å². The molecule has 5 rings (SSSR count). The van der Waals surface area contributed by atoms with Crippen molar-refractivity contribution in [3.05, 3.63) is 35.5 Å². The number of aromatic nitrogens is 1. The lowest BCUT2D eigenvalue weighted by Crippen LogP contribution is -2.49. The number of hydrogen-bond donors (Lipinski definition) is 1. The summed E-state index contributed by atoms with van der Waals surface area (Å²) in [5, 5.41) is 10.6. The van der Waals surface area contributed by atoms with E-state index in [9.17, 15) is 14.7 Å². The van der Waals surface area contributed by atoms with Gasteiger partial charge in [0.1, 0.15) is 6.54 Å². The Morgan fingerprint density at radius 3 is 2.47 bits per heavy atom. The fraction of sp³-hybridized carbons (Fsp3) is 0.615. The SMILES string of the molecule is O=C(O)c1ccc2c(C3CCCCC3)cn(CC(=O)N3CCCC(N4CCCC4)C3)c2c1. The summed E-state index contributed by atoms with van der Waals surface area (Å²) >= 11 is 0. The van der Waals surface area contributed by atoms with Crippen molar-refractivity contribution in [1.82, 2.24) is 14.4 Å². The van der Waals surface area contributed by atoms with Crippen LogP contribution < -0.4 is 0 Å². The molecule has 1 aliphatic carbocycles. The molecule has 3 fully saturated rings. The van der Waals surface area contributed by atoms with Crippen LogP contribution in [0.4, 0.5) is 0 Å². The number of aromatic carboxylic acids is 1. The molecule has 6 nitrogen and oxygen atoms in total. The van der Waals surface area contributed by atoms with Gasteiger partial charge >= 0.3 is 5.97 Å². The number of rotatable bonds is 5. The maximum absolute atomic E-state index is 13.3. The zero-order chi connectivity index (χ0) is 22.1. The van der Waals surface area contributed by atoms with E-state index in [2.05, 4.69) is 11.1 Å². The molecule has 3 aliphatic rings. The van der Waals surface area contributed by atoms with Gasteiger partial charge in [-0.1, -0.05) is 25.3 Å². The summed E-state index contributed by atoms with van der Waals surface area (Å²) in [7, 11) is 0. The van der Waals surface area contributed by atoms with Gasteiger partial charge in [-0.2, -0.15) is 0 Å². The number of likely N-dealkylation sites (tertiary alicyclic amines) is 2. The van der Waals surface area contributed by atoms with Crippen molar-refractivity contribution in [3.8, 4) is 0 Å². The fourth-order valence-corrected chi connectivity index (χ4v) is 6.15. The fourth-order valence-electron chi connectivity index (χ4n) is 6.15. The molecule has 1 aromatic carbocycles. The Morgan fingerprint density at radius 2 is 1.72 bits per heavy atom. The number of nitrogens with zero attached hydrogens (tertiary/aromatic N) is 3. The molecule has 32 heavy (non-hydrogen) atoms. The van der Waals surface area contributed by atoms with Crippen molar-refractivity contribution in [3.63, 3.8) is 0 Å². The molecule has 2 aromatic rings. The van der Waals surface area contributed by atoms with Crippen molar-refractivity contribution in [2.75, 3.05) is 26.2 Å². The van der Waals surface area contributed by atoms with E-state index in [1.807, 2.05) is 15.5 Å². The lowest BCUT2D eigenvalue weighted by Gasteiger charge is -2.37.